The highest BCUT2D eigenvalue weighted by Gasteiger charge is 2.27. The van der Waals surface area contributed by atoms with E-state index in [0.717, 1.165) is 4.90 Å². The Bertz CT molecular complexity index is 459. The van der Waals surface area contributed by atoms with Crippen LogP contribution in [-0.4, -0.2) is 28.9 Å². The first-order chi connectivity index (χ1) is 9.25. The third kappa shape index (κ3) is 5.00. The van der Waals surface area contributed by atoms with Gasteiger partial charge in [0.05, 0.1) is 22.9 Å². The van der Waals surface area contributed by atoms with Crippen LogP contribution in [0, 0.1) is 5.41 Å². The fourth-order valence-corrected chi connectivity index (χ4v) is 2.77. The molecule has 0 heterocycles. The Morgan fingerprint density at radius 2 is 2.00 bits per heavy atom. The van der Waals surface area contributed by atoms with Crippen LogP contribution in [0.25, 0.3) is 0 Å². The minimum atomic E-state index is -0.272. The van der Waals surface area contributed by atoms with Crippen LogP contribution in [0.2, 0.25) is 5.02 Å². The Balaban J connectivity index is 2.66. The molecular formula is C15H22ClNO2S. The summed E-state index contributed by atoms with van der Waals surface area (Å²) in [5.41, 5.74) is -0.181. The van der Waals surface area contributed by atoms with Gasteiger partial charge in [-0.05, 0) is 24.5 Å². The van der Waals surface area contributed by atoms with Crippen LogP contribution >= 0.6 is 23.4 Å². The lowest BCUT2D eigenvalue weighted by Gasteiger charge is -2.30. The second-order valence-electron chi connectivity index (χ2n) is 5.80. The Kier molecular flexibility index (Phi) is 6.37. The highest BCUT2D eigenvalue weighted by Crippen LogP contribution is 2.30. The largest absolute Gasteiger partial charge is 0.394 e. The number of rotatable bonds is 5. The van der Waals surface area contributed by atoms with E-state index in [1.807, 2.05) is 45.9 Å². The van der Waals surface area contributed by atoms with E-state index in [2.05, 4.69) is 5.32 Å². The summed E-state index contributed by atoms with van der Waals surface area (Å²) in [6.45, 7) is 7.72. The molecule has 1 aromatic rings. The third-order valence-electron chi connectivity index (χ3n) is 3.05. The molecular weight excluding hydrogens is 294 g/mol. The zero-order chi connectivity index (χ0) is 15.3. The SMILES string of the molecule is C[C@H](Sc1ccccc1Cl)C(=O)N[C@H](CO)C(C)(C)C. The van der Waals surface area contributed by atoms with Gasteiger partial charge in [0.25, 0.3) is 0 Å². The Labute approximate surface area is 130 Å². The van der Waals surface area contributed by atoms with Gasteiger partial charge < -0.3 is 10.4 Å². The van der Waals surface area contributed by atoms with Crippen LogP contribution in [0.1, 0.15) is 27.7 Å². The number of amides is 1. The summed E-state index contributed by atoms with van der Waals surface area (Å²) < 4.78 is 0. The molecule has 0 fully saturated rings. The summed E-state index contributed by atoms with van der Waals surface area (Å²) in [7, 11) is 0. The molecule has 0 aliphatic carbocycles. The molecule has 0 saturated heterocycles. The van der Waals surface area contributed by atoms with Crippen LogP contribution < -0.4 is 5.32 Å². The standard InChI is InChI=1S/C15H22ClNO2S/c1-10(20-12-8-6-5-7-11(12)16)14(19)17-13(9-18)15(2,3)4/h5-8,10,13,18H,9H2,1-4H3,(H,17,19)/t10-,13+/m0/s1. The lowest BCUT2D eigenvalue weighted by molar-refractivity contribution is -0.122. The van der Waals surface area contributed by atoms with Crippen molar-refractivity contribution in [2.45, 2.75) is 43.9 Å². The van der Waals surface area contributed by atoms with Crippen molar-refractivity contribution in [3.8, 4) is 0 Å². The number of carbonyl (C=O) groups excluding carboxylic acids is 1. The average Bonchev–Trinajstić information content (AvgIpc) is 2.36. The number of aliphatic hydroxyl groups is 1. The van der Waals surface area contributed by atoms with Crippen molar-refractivity contribution >= 4 is 29.3 Å². The maximum atomic E-state index is 12.2. The highest BCUT2D eigenvalue weighted by atomic mass is 35.5. The van der Waals surface area contributed by atoms with E-state index >= 15 is 0 Å². The smallest absolute Gasteiger partial charge is 0.233 e. The fraction of sp³-hybridized carbons (Fsp3) is 0.533. The fourth-order valence-electron chi connectivity index (χ4n) is 1.61. The van der Waals surface area contributed by atoms with Crippen molar-refractivity contribution in [1.82, 2.24) is 5.32 Å². The molecule has 0 bridgehead atoms. The van der Waals surface area contributed by atoms with Crippen molar-refractivity contribution in [1.29, 1.82) is 0 Å². The molecule has 1 amide bonds. The predicted molar refractivity (Wildman–Crippen MR) is 85.2 cm³/mol. The second kappa shape index (κ2) is 7.34. The van der Waals surface area contributed by atoms with Crippen LogP contribution in [-0.2, 0) is 4.79 Å². The molecule has 2 N–H and O–H groups in total. The van der Waals surface area contributed by atoms with Crippen molar-refractivity contribution in [2.75, 3.05) is 6.61 Å². The molecule has 1 aromatic carbocycles. The number of carbonyl (C=O) groups is 1. The molecule has 3 nitrogen and oxygen atoms in total. The summed E-state index contributed by atoms with van der Waals surface area (Å²) in [5.74, 6) is -0.0936. The van der Waals surface area contributed by atoms with Crippen LogP contribution in [0.4, 0.5) is 0 Å². The van der Waals surface area contributed by atoms with Gasteiger partial charge in [-0.25, -0.2) is 0 Å². The van der Waals surface area contributed by atoms with E-state index in [1.54, 1.807) is 6.07 Å². The van der Waals surface area contributed by atoms with E-state index in [0.29, 0.717) is 5.02 Å². The summed E-state index contributed by atoms with van der Waals surface area (Å²) in [4.78, 5) is 13.1. The summed E-state index contributed by atoms with van der Waals surface area (Å²) in [6.07, 6.45) is 0. The van der Waals surface area contributed by atoms with Gasteiger partial charge in [-0.15, -0.1) is 11.8 Å². The molecule has 0 unspecified atom stereocenters. The molecule has 20 heavy (non-hydrogen) atoms. The van der Waals surface area contributed by atoms with Crippen molar-refractivity contribution in [3.05, 3.63) is 29.3 Å². The van der Waals surface area contributed by atoms with E-state index in [1.165, 1.54) is 11.8 Å². The monoisotopic (exact) mass is 315 g/mol. The van der Waals surface area contributed by atoms with Gasteiger partial charge in [0.15, 0.2) is 0 Å². The van der Waals surface area contributed by atoms with Crippen LogP contribution in [0.3, 0.4) is 0 Å². The molecule has 2 atom stereocenters. The van der Waals surface area contributed by atoms with E-state index in [-0.39, 0.29) is 29.2 Å². The Morgan fingerprint density at radius 3 is 2.50 bits per heavy atom. The van der Waals surface area contributed by atoms with Crippen molar-refractivity contribution in [2.24, 2.45) is 5.41 Å². The summed E-state index contributed by atoms with van der Waals surface area (Å²) >= 11 is 7.50. The van der Waals surface area contributed by atoms with Gasteiger partial charge in [-0.2, -0.15) is 0 Å². The minimum Gasteiger partial charge on any atom is -0.394 e. The molecule has 0 aliphatic rings. The maximum Gasteiger partial charge on any atom is 0.233 e. The molecule has 112 valence electrons. The van der Waals surface area contributed by atoms with Gasteiger partial charge in [0.1, 0.15) is 0 Å². The Morgan fingerprint density at radius 1 is 1.40 bits per heavy atom. The second-order valence-corrected chi connectivity index (χ2v) is 7.59. The normalized spacial score (nSPS) is 14.7. The number of halogens is 1. The van der Waals surface area contributed by atoms with Gasteiger partial charge >= 0.3 is 0 Å². The molecule has 0 aromatic heterocycles. The molecule has 0 spiro atoms. The van der Waals surface area contributed by atoms with Gasteiger partial charge in [-0.1, -0.05) is 44.5 Å². The summed E-state index contributed by atoms with van der Waals surface area (Å²) in [6, 6.07) is 7.19. The highest BCUT2D eigenvalue weighted by molar-refractivity contribution is 8.00. The molecule has 5 heteroatoms. The third-order valence-corrected chi connectivity index (χ3v) is 4.67. The number of hydrogen-bond donors (Lipinski definition) is 2. The number of aliphatic hydroxyl groups excluding tert-OH is 1. The lowest BCUT2D eigenvalue weighted by Crippen LogP contribution is -2.48. The number of thioether (sulfide) groups is 1. The number of nitrogens with one attached hydrogen (secondary N) is 1. The topological polar surface area (TPSA) is 49.3 Å². The van der Waals surface area contributed by atoms with Gasteiger partial charge in [0.2, 0.25) is 5.91 Å². The van der Waals surface area contributed by atoms with Gasteiger partial charge in [-0.3, -0.25) is 4.79 Å². The first-order valence-corrected chi connectivity index (χ1v) is 7.84. The van der Waals surface area contributed by atoms with E-state index < -0.39 is 0 Å². The van der Waals surface area contributed by atoms with Crippen LogP contribution in [0.5, 0.6) is 0 Å². The summed E-state index contributed by atoms with van der Waals surface area (Å²) in [5, 5.41) is 12.6. The number of benzene rings is 1. The molecule has 1 rings (SSSR count). The first-order valence-electron chi connectivity index (χ1n) is 6.58. The maximum absolute atomic E-state index is 12.2. The lowest BCUT2D eigenvalue weighted by atomic mass is 9.87. The molecule has 0 saturated carbocycles. The van der Waals surface area contributed by atoms with Crippen molar-refractivity contribution in [3.63, 3.8) is 0 Å². The quantitative estimate of drug-likeness (QED) is 0.819. The molecule has 0 aliphatic heterocycles. The Hall–Kier alpha value is -0.710. The van der Waals surface area contributed by atoms with Crippen molar-refractivity contribution < 1.29 is 9.90 Å². The van der Waals surface area contributed by atoms with E-state index in [4.69, 9.17) is 11.6 Å². The van der Waals surface area contributed by atoms with Crippen LogP contribution in [0.15, 0.2) is 29.2 Å². The minimum absolute atomic E-state index is 0.0707. The zero-order valence-electron chi connectivity index (χ0n) is 12.3. The zero-order valence-corrected chi connectivity index (χ0v) is 13.9. The predicted octanol–water partition coefficient (Wildman–Crippen LogP) is 3.34. The average molecular weight is 316 g/mol. The van der Waals surface area contributed by atoms with Gasteiger partial charge in [0, 0.05) is 4.90 Å². The first kappa shape index (κ1) is 17.3. The molecule has 0 radical (unpaired) electrons. The van der Waals surface area contributed by atoms with E-state index in [9.17, 15) is 9.90 Å². The number of hydrogen-bond acceptors (Lipinski definition) is 3.